The second-order valence-electron chi connectivity index (χ2n) is 7.27. The van der Waals surface area contributed by atoms with Crippen LogP contribution in [0.15, 0.2) is 59.5 Å². The first-order valence-electron chi connectivity index (χ1n) is 9.57. The molecule has 144 valence electrons. The number of H-pyrrole nitrogens is 1. The zero-order valence-corrected chi connectivity index (χ0v) is 15.8. The molecule has 0 aliphatic carbocycles. The lowest BCUT2D eigenvalue weighted by atomic mass is 10.1. The monoisotopic (exact) mass is 384 g/mol. The molecule has 0 atom stereocenters. The maximum absolute atomic E-state index is 12.7. The molecule has 0 saturated carbocycles. The number of nitrogens with zero attached hydrogens (tertiary/aromatic N) is 4. The minimum absolute atomic E-state index is 0.0869. The van der Waals surface area contributed by atoms with Gasteiger partial charge >= 0.3 is 0 Å². The lowest BCUT2D eigenvalue weighted by molar-refractivity contribution is 0.239. The Morgan fingerprint density at radius 3 is 2.66 bits per heavy atom. The van der Waals surface area contributed by atoms with Crippen molar-refractivity contribution < 1.29 is 0 Å². The molecule has 0 bridgehead atoms. The van der Waals surface area contributed by atoms with Gasteiger partial charge in [-0.3, -0.25) is 14.7 Å². The summed E-state index contributed by atoms with van der Waals surface area (Å²) in [4.78, 5) is 31.7. The number of para-hydroxylation sites is 2. The third kappa shape index (κ3) is 3.48. The predicted molar refractivity (Wildman–Crippen MR) is 112 cm³/mol. The Morgan fingerprint density at radius 1 is 1.03 bits per heavy atom. The maximum Gasteiger partial charge on any atom is 0.255 e. The van der Waals surface area contributed by atoms with Crippen LogP contribution in [0.4, 0.5) is 5.69 Å². The molecule has 1 aliphatic heterocycles. The van der Waals surface area contributed by atoms with Gasteiger partial charge in [-0.05, 0) is 36.4 Å². The summed E-state index contributed by atoms with van der Waals surface area (Å²) in [6.45, 7) is 2.02. The lowest BCUT2D eigenvalue weighted by Crippen LogP contribution is -2.35. The van der Waals surface area contributed by atoms with E-state index in [0.29, 0.717) is 24.6 Å². The fourth-order valence-corrected chi connectivity index (χ4v) is 3.69. The van der Waals surface area contributed by atoms with Crippen LogP contribution in [0.5, 0.6) is 0 Å². The Hall–Kier alpha value is -3.58. The summed E-state index contributed by atoms with van der Waals surface area (Å²) in [7, 11) is 0. The predicted octanol–water partition coefficient (Wildman–Crippen LogP) is 2.52. The van der Waals surface area contributed by atoms with E-state index in [-0.39, 0.29) is 5.56 Å². The quantitative estimate of drug-likeness (QED) is 0.527. The molecule has 0 saturated heterocycles. The van der Waals surface area contributed by atoms with Gasteiger partial charge in [0.1, 0.15) is 5.82 Å². The van der Waals surface area contributed by atoms with Gasteiger partial charge in [-0.2, -0.15) is 0 Å². The van der Waals surface area contributed by atoms with Crippen LogP contribution >= 0.6 is 0 Å². The summed E-state index contributed by atoms with van der Waals surface area (Å²) >= 11 is 0. The van der Waals surface area contributed by atoms with Crippen LogP contribution in [0, 0.1) is 0 Å². The standard InChI is InChI=1S/C22H20N6O/c23-15-7-5-14(6-8-15)21-26-18-9-10-28(13-17(18)22(29)27-21)12-16-11-24-19-3-1-2-4-20(19)25-16/h1-8,11H,9-10,12-13,23H2,(H,26,27,29). The van der Waals surface area contributed by atoms with Crippen LogP contribution in [0.3, 0.4) is 0 Å². The van der Waals surface area contributed by atoms with Gasteiger partial charge in [-0.25, -0.2) is 9.97 Å². The van der Waals surface area contributed by atoms with Crippen LogP contribution in [0.1, 0.15) is 17.0 Å². The maximum atomic E-state index is 12.7. The summed E-state index contributed by atoms with van der Waals surface area (Å²) in [5, 5.41) is 0. The Kier molecular flexibility index (Phi) is 4.29. The van der Waals surface area contributed by atoms with Gasteiger partial charge in [0.25, 0.3) is 5.56 Å². The van der Waals surface area contributed by atoms with Gasteiger partial charge in [0.15, 0.2) is 0 Å². The number of aromatic nitrogens is 4. The second kappa shape index (κ2) is 7.10. The summed E-state index contributed by atoms with van der Waals surface area (Å²) in [6, 6.07) is 15.2. The number of nitrogens with one attached hydrogen (secondary N) is 1. The lowest BCUT2D eigenvalue weighted by Gasteiger charge is -2.27. The van der Waals surface area contributed by atoms with Crippen molar-refractivity contribution in [3.8, 4) is 11.4 Å². The first-order valence-corrected chi connectivity index (χ1v) is 9.57. The summed E-state index contributed by atoms with van der Waals surface area (Å²) in [6.07, 6.45) is 2.53. The number of anilines is 1. The van der Waals surface area contributed by atoms with E-state index < -0.39 is 0 Å². The summed E-state index contributed by atoms with van der Waals surface area (Å²) < 4.78 is 0. The average molecular weight is 384 g/mol. The highest BCUT2D eigenvalue weighted by Gasteiger charge is 2.22. The van der Waals surface area contributed by atoms with Gasteiger partial charge in [0, 0.05) is 37.3 Å². The van der Waals surface area contributed by atoms with Crippen LogP contribution in [-0.2, 0) is 19.5 Å². The van der Waals surface area contributed by atoms with Crippen molar-refractivity contribution in [2.75, 3.05) is 12.3 Å². The number of rotatable bonds is 3. The van der Waals surface area contributed by atoms with E-state index in [4.69, 9.17) is 15.7 Å². The zero-order valence-electron chi connectivity index (χ0n) is 15.8. The molecule has 4 aromatic rings. The topological polar surface area (TPSA) is 101 Å². The third-order valence-corrected chi connectivity index (χ3v) is 5.22. The molecule has 0 unspecified atom stereocenters. The van der Waals surface area contributed by atoms with Crippen molar-refractivity contribution in [1.29, 1.82) is 0 Å². The van der Waals surface area contributed by atoms with Gasteiger partial charge < -0.3 is 10.7 Å². The number of nitrogens with two attached hydrogens (primary N) is 1. The van der Waals surface area contributed by atoms with E-state index in [9.17, 15) is 4.79 Å². The van der Waals surface area contributed by atoms with Gasteiger partial charge in [-0.1, -0.05) is 12.1 Å². The number of benzene rings is 2. The molecule has 0 amide bonds. The van der Waals surface area contributed by atoms with E-state index in [2.05, 4.69) is 14.9 Å². The molecule has 2 aromatic carbocycles. The number of fused-ring (bicyclic) bond motifs is 2. The molecule has 7 heteroatoms. The van der Waals surface area contributed by atoms with Crippen LogP contribution in [0.25, 0.3) is 22.4 Å². The van der Waals surface area contributed by atoms with Crippen molar-refractivity contribution in [1.82, 2.24) is 24.8 Å². The van der Waals surface area contributed by atoms with Gasteiger partial charge in [0.05, 0.1) is 34.2 Å². The molecular weight excluding hydrogens is 364 g/mol. The first kappa shape index (κ1) is 17.5. The Bertz CT molecular complexity index is 1250. The summed E-state index contributed by atoms with van der Waals surface area (Å²) in [5.74, 6) is 0.586. The van der Waals surface area contributed by atoms with E-state index in [1.807, 2.05) is 42.6 Å². The highest BCUT2D eigenvalue weighted by molar-refractivity contribution is 5.73. The zero-order chi connectivity index (χ0) is 19.8. The number of aromatic amines is 1. The van der Waals surface area contributed by atoms with Crippen molar-refractivity contribution in [2.45, 2.75) is 19.5 Å². The fraction of sp³-hybridized carbons (Fsp3) is 0.182. The van der Waals surface area contributed by atoms with Gasteiger partial charge in [-0.15, -0.1) is 0 Å². The van der Waals surface area contributed by atoms with Crippen molar-refractivity contribution >= 4 is 16.7 Å². The molecule has 0 radical (unpaired) electrons. The largest absolute Gasteiger partial charge is 0.399 e. The third-order valence-electron chi connectivity index (χ3n) is 5.22. The Balaban J connectivity index is 1.39. The molecule has 5 rings (SSSR count). The van der Waals surface area contributed by atoms with Crippen molar-refractivity contribution in [2.24, 2.45) is 0 Å². The number of hydrogen-bond donors (Lipinski definition) is 2. The van der Waals surface area contributed by atoms with E-state index in [1.54, 1.807) is 12.1 Å². The molecule has 2 aromatic heterocycles. The molecular formula is C22H20N6O. The highest BCUT2D eigenvalue weighted by atomic mass is 16.1. The van der Waals surface area contributed by atoms with Gasteiger partial charge in [0.2, 0.25) is 0 Å². The van der Waals surface area contributed by atoms with E-state index in [0.717, 1.165) is 46.5 Å². The molecule has 3 N–H and O–H groups in total. The second-order valence-corrected chi connectivity index (χ2v) is 7.27. The Labute approximate surface area is 167 Å². The highest BCUT2D eigenvalue weighted by Crippen LogP contribution is 2.21. The van der Waals surface area contributed by atoms with Crippen molar-refractivity contribution in [3.05, 3.63) is 82.0 Å². The minimum Gasteiger partial charge on any atom is -0.399 e. The van der Waals surface area contributed by atoms with E-state index in [1.165, 1.54) is 0 Å². The SMILES string of the molecule is Nc1ccc(-c2nc3c(c(=O)[nH]2)CN(Cc2cnc4ccccc4n2)CC3)cc1. The number of hydrogen-bond acceptors (Lipinski definition) is 6. The smallest absolute Gasteiger partial charge is 0.255 e. The van der Waals surface area contributed by atoms with Crippen LogP contribution < -0.4 is 11.3 Å². The fourth-order valence-electron chi connectivity index (χ4n) is 3.69. The minimum atomic E-state index is -0.0869. The molecule has 0 spiro atoms. The molecule has 3 heterocycles. The molecule has 29 heavy (non-hydrogen) atoms. The molecule has 0 fully saturated rings. The first-order chi connectivity index (χ1) is 14.2. The van der Waals surface area contributed by atoms with Crippen molar-refractivity contribution in [3.63, 3.8) is 0 Å². The van der Waals surface area contributed by atoms with Crippen LogP contribution in [0.2, 0.25) is 0 Å². The normalized spacial score (nSPS) is 14.1. The average Bonchev–Trinajstić information content (AvgIpc) is 2.74. The molecule has 7 nitrogen and oxygen atoms in total. The Morgan fingerprint density at radius 2 is 1.83 bits per heavy atom. The number of nitrogen functional groups attached to an aromatic ring is 1. The summed E-state index contributed by atoms with van der Waals surface area (Å²) in [5.41, 5.74) is 11.5. The van der Waals surface area contributed by atoms with Crippen LogP contribution in [-0.4, -0.2) is 31.4 Å². The molecule has 1 aliphatic rings. The van der Waals surface area contributed by atoms with E-state index >= 15 is 0 Å².